The van der Waals surface area contributed by atoms with Crippen molar-refractivity contribution in [3.63, 3.8) is 0 Å². The van der Waals surface area contributed by atoms with Crippen LogP contribution in [-0.4, -0.2) is 26.7 Å². The summed E-state index contributed by atoms with van der Waals surface area (Å²) in [6.45, 7) is 0.492. The van der Waals surface area contributed by atoms with Crippen LogP contribution in [0.3, 0.4) is 0 Å². The second-order valence-corrected chi connectivity index (χ2v) is 5.18. The van der Waals surface area contributed by atoms with Crippen LogP contribution in [0.1, 0.15) is 6.42 Å². The first-order chi connectivity index (χ1) is 11.1. The highest BCUT2D eigenvalue weighted by Crippen LogP contribution is 2.29. The molecule has 0 fully saturated rings. The predicted molar refractivity (Wildman–Crippen MR) is 92.7 cm³/mol. The maximum Gasteiger partial charge on any atom is 0.226 e. The highest BCUT2D eigenvalue weighted by molar-refractivity contribution is 6.33. The fourth-order valence-corrected chi connectivity index (χ4v) is 2.22. The Balaban J connectivity index is 1.85. The zero-order valence-electron chi connectivity index (χ0n) is 13.1. The van der Waals surface area contributed by atoms with Crippen LogP contribution < -0.4 is 20.1 Å². The van der Waals surface area contributed by atoms with Gasteiger partial charge in [0, 0.05) is 24.7 Å². The minimum atomic E-state index is -0.105. The van der Waals surface area contributed by atoms with E-state index in [9.17, 15) is 4.79 Å². The quantitative estimate of drug-likeness (QED) is 0.808. The second-order valence-electron chi connectivity index (χ2n) is 4.77. The molecule has 0 unspecified atom stereocenters. The number of hydrogen-bond acceptors (Lipinski definition) is 4. The number of hydrogen-bond donors (Lipinski definition) is 2. The Bertz CT molecular complexity index is 677. The molecule has 5 nitrogen and oxygen atoms in total. The van der Waals surface area contributed by atoms with Crippen molar-refractivity contribution in [3.05, 3.63) is 47.5 Å². The van der Waals surface area contributed by atoms with E-state index in [4.69, 9.17) is 21.1 Å². The molecule has 0 aliphatic rings. The van der Waals surface area contributed by atoms with Crippen molar-refractivity contribution in [1.82, 2.24) is 0 Å². The summed E-state index contributed by atoms with van der Waals surface area (Å²) in [5.41, 5.74) is 1.47. The van der Waals surface area contributed by atoms with Crippen LogP contribution in [0.2, 0.25) is 5.02 Å². The summed E-state index contributed by atoms with van der Waals surface area (Å²) in [5.74, 6) is 1.19. The number of carbonyl (C=O) groups is 1. The number of rotatable bonds is 7. The first kappa shape index (κ1) is 17.0. The van der Waals surface area contributed by atoms with Gasteiger partial charge in [-0.05, 0) is 24.3 Å². The Morgan fingerprint density at radius 2 is 1.83 bits per heavy atom. The summed E-state index contributed by atoms with van der Waals surface area (Å²) in [6.07, 6.45) is 0.319. The summed E-state index contributed by atoms with van der Waals surface area (Å²) in [7, 11) is 3.17. The maximum absolute atomic E-state index is 11.9. The van der Waals surface area contributed by atoms with Gasteiger partial charge in [0.05, 0.1) is 24.9 Å². The van der Waals surface area contributed by atoms with Crippen LogP contribution in [0.5, 0.6) is 11.5 Å². The number of anilines is 2. The molecule has 0 bridgehead atoms. The van der Waals surface area contributed by atoms with E-state index in [1.165, 1.54) is 0 Å². The topological polar surface area (TPSA) is 59.6 Å². The Kier molecular flexibility index (Phi) is 6.11. The largest absolute Gasteiger partial charge is 0.493 e. The molecule has 2 aromatic rings. The van der Waals surface area contributed by atoms with Gasteiger partial charge in [0.15, 0.2) is 11.5 Å². The van der Waals surface area contributed by atoms with E-state index >= 15 is 0 Å². The fourth-order valence-electron chi connectivity index (χ4n) is 2.04. The Hall–Kier alpha value is -2.40. The first-order valence-corrected chi connectivity index (χ1v) is 7.52. The molecule has 0 saturated heterocycles. The minimum Gasteiger partial charge on any atom is -0.493 e. The van der Waals surface area contributed by atoms with E-state index in [2.05, 4.69) is 10.6 Å². The van der Waals surface area contributed by atoms with Crippen LogP contribution in [-0.2, 0) is 4.79 Å². The minimum absolute atomic E-state index is 0.105. The van der Waals surface area contributed by atoms with Crippen molar-refractivity contribution in [2.45, 2.75) is 6.42 Å². The van der Waals surface area contributed by atoms with E-state index < -0.39 is 0 Å². The van der Waals surface area contributed by atoms with E-state index in [0.29, 0.717) is 35.2 Å². The molecule has 6 heteroatoms. The molecule has 0 atom stereocenters. The lowest BCUT2D eigenvalue weighted by atomic mass is 10.2. The highest BCUT2D eigenvalue weighted by Gasteiger charge is 2.07. The van der Waals surface area contributed by atoms with Gasteiger partial charge in [0.2, 0.25) is 5.91 Å². The Labute approximate surface area is 140 Å². The van der Waals surface area contributed by atoms with Crippen molar-refractivity contribution in [3.8, 4) is 11.5 Å². The third-order valence-electron chi connectivity index (χ3n) is 3.21. The molecule has 0 aliphatic carbocycles. The lowest BCUT2D eigenvalue weighted by Crippen LogP contribution is -2.16. The van der Waals surface area contributed by atoms with Crippen molar-refractivity contribution < 1.29 is 14.3 Å². The van der Waals surface area contributed by atoms with Crippen LogP contribution in [0.25, 0.3) is 0 Å². The van der Waals surface area contributed by atoms with Gasteiger partial charge in [-0.2, -0.15) is 0 Å². The number of carbonyl (C=O) groups excluding carboxylic acids is 1. The molecule has 0 saturated carbocycles. The van der Waals surface area contributed by atoms with E-state index in [1.807, 2.05) is 30.3 Å². The van der Waals surface area contributed by atoms with E-state index in [0.717, 1.165) is 5.69 Å². The summed E-state index contributed by atoms with van der Waals surface area (Å²) in [4.78, 5) is 11.9. The number of para-hydroxylation sites is 1. The lowest BCUT2D eigenvalue weighted by Gasteiger charge is -2.11. The summed E-state index contributed by atoms with van der Waals surface area (Å²) >= 11 is 6.00. The van der Waals surface area contributed by atoms with Gasteiger partial charge < -0.3 is 20.1 Å². The third kappa shape index (κ3) is 4.79. The molecule has 2 N–H and O–H groups in total. The van der Waals surface area contributed by atoms with Crippen LogP contribution in [0.4, 0.5) is 11.4 Å². The van der Waals surface area contributed by atoms with Gasteiger partial charge in [-0.25, -0.2) is 0 Å². The number of ether oxygens (including phenoxy) is 2. The van der Waals surface area contributed by atoms with Gasteiger partial charge >= 0.3 is 0 Å². The summed E-state index contributed by atoms with van der Waals surface area (Å²) in [6, 6.07) is 12.6. The molecular formula is C17H19ClN2O3. The summed E-state index contributed by atoms with van der Waals surface area (Å²) in [5, 5.41) is 6.48. The SMILES string of the molecule is COc1ccc(NCCC(=O)Nc2ccccc2Cl)cc1OC. The molecular weight excluding hydrogens is 316 g/mol. The number of benzene rings is 2. The van der Waals surface area contributed by atoms with Crippen LogP contribution in [0, 0.1) is 0 Å². The van der Waals surface area contributed by atoms with Gasteiger partial charge in [-0.1, -0.05) is 23.7 Å². The molecule has 2 rings (SSSR count). The van der Waals surface area contributed by atoms with E-state index in [-0.39, 0.29) is 5.91 Å². The van der Waals surface area contributed by atoms with Gasteiger partial charge in [-0.3, -0.25) is 4.79 Å². The molecule has 0 aliphatic heterocycles. The molecule has 122 valence electrons. The maximum atomic E-state index is 11.9. The van der Waals surface area contributed by atoms with Gasteiger partial charge in [0.25, 0.3) is 0 Å². The number of amides is 1. The first-order valence-electron chi connectivity index (χ1n) is 7.14. The lowest BCUT2D eigenvalue weighted by molar-refractivity contribution is -0.115. The van der Waals surface area contributed by atoms with Crippen molar-refractivity contribution in [1.29, 1.82) is 0 Å². The van der Waals surface area contributed by atoms with Gasteiger partial charge in [0.1, 0.15) is 0 Å². The smallest absolute Gasteiger partial charge is 0.226 e. The zero-order valence-corrected chi connectivity index (χ0v) is 13.8. The highest BCUT2D eigenvalue weighted by atomic mass is 35.5. The Morgan fingerprint density at radius 1 is 1.09 bits per heavy atom. The average molecular weight is 335 g/mol. The second kappa shape index (κ2) is 8.29. The normalized spacial score (nSPS) is 10.0. The molecule has 1 amide bonds. The predicted octanol–water partition coefficient (Wildman–Crippen LogP) is 3.80. The van der Waals surface area contributed by atoms with E-state index in [1.54, 1.807) is 26.4 Å². The fraction of sp³-hybridized carbons (Fsp3) is 0.235. The molecule has 23 heavy (non-hydrogen) atoms. The third-order valence-corrected chi connectivity index (χ3v) is 3.54. The van der Waals surface area contributed by atoms with Crippen molar-refractivity contribution >= 4 is 28.9 Å². The van der Waals surface area contributed by atoms with Crippen LogP contribution in [0.15, 0.2) is 42.5 Å². The molecule has 0 aromatic heterocycles. The standard InChI is InChI=1S/C17H19ClN2O3/c1-22-15-8-7-12(11-16(15)23-2)19-10-9-17(21)20-14-6-4-3-5-13(14)18/h3-8,11,19H,9-10H2,1-2H3,(H,20,21). The Morgan fingerprint density at radius 3 is 2.52 bits per heavy atom. The number of nitrogens with one attached hydrogen (secondary N) is 2. The molecule has 0 radical (unpaired) electrons. The number of halogens is 1. The molecule has 0 spiro atoms. The summed E-state index contributed by atoms with van der Waals surface area (Å²) < 4.78 is 10.4. The number of methoxy groups -OCH3 is 2. The monoisotopic (exact) mass is 334 g/mol. The zero-order chi connectivity index (χ0) is 16.7. The van der Waals surface area contributed by atoms with Crippen molar-refractivity contribution in [2.75, 3.05) is 31.4 Å². The van der Waals surface area contributed by atoms with Gasteiger partial charge in [-0.15, -0.1) is 0 Å². The molecule has 2 aromatic carbocycles. The van der Waals surface area contributed by atoms with Crippen LogP contribution >= 0.6 is 11.6 Å². The van der Waals surface area contributed by atoms with Crippen molar-refractivity contribution in [2.24, 2.45) is 0 Å². The average Bonchev–Trinajstić information content (AvgIpc) is 2.56. The molecule has 0 heterocycles.